The lowest BCUT2D eigenvalue weighted by Gasteiger charge is -2.32. The molecule has 5 rings (SSSR count). The quantitative estimate of drug-likeness (QED) is 0.599. The Kier molecular flexibility index (Phi) is 5.59. The summed E-state index contributed by atoms with van der Waals surface area (Å²) in [4.78, 5) is 12.5. The normalized spacial score (nSPS) is 23.8. The number of rotatable bonds is 5. The number of hydrogen-bond donors (Lipinski definition) is 1. The highest BCUT2D eigenvalue weighted by Gasteiger charge is 2.41. The van der Waals surface area contributed by atoms with E-state index in [0.717, 1.165) is 43.5 Å². The van der Waals surface area contributed by atoms with E-state index in [0.29, 0.717) is 34.1 Å². The molecule has 3 atom stereocenters. The third kappa shape index (κ3) is 3.77. The van der Waals surface area contributed by atoms with Crippen molar-refractivity contribution in [1.82, 2.24) is 20.0 Å². The number of likely N-dealkylation sites (tertiary alicyclic amines) is 1. The van der Waals surface area contributed by atoms with Crippen LogP contribution in [0.2, 0.25) is 0 Å². The molecule has 0 aromatic carbocycles. The maximum atomic E-state index is 9.72. The monoisotopic (exact) mass is 464 g/mol. The predicted octanol–water partition coefficient (Wildman–Crippen LogP) is 4.15. The van der Waals surface area contributed by atoms with Crippen molar-refractivity contribution in [2.45, 2.75) is 63.5 Å². The lowest BCUT2D eigenvalue weighted by Crippen LogP contribution is -2.38. The average Bonchev–Trinajstić information content (AvgIpc) is 3.52. The molecular weight excluding hydrogens is 436 g/mol. The van der Waals surface area contributed by atoms with Crippen molar-refractivity contribution in [3.63, 3.8) is 0 Å². The second-order valence-electron chi connectivity index (χ2n) is 9.24. The molecule has 1 saturated heterocycles. The number of nitrogen functional groups attached to an aromatic ring is 1. The van der Waals surface area contributed by atoms with Gasteiger partial charge in [0, 0.05) is 34.7 Å². The van der Waals surface area contributed by atoms with E-state index in [4.69, 9.17) is 15.0 Å². The predicted molar refractivity (Wildman–Crippen MR) is 126 cm³/mol. The lowest BCUT2D eigenvalue weighted by molar-refractivity contribution is 0.117. The summed E-state index contributed by atoms with van der Waals surface area (Å²) >= 11 is 1.51. The number of thiophene rings is 1. The summed E-state index contributed by atoms with van der Waals surface area (Å²) < 4.78 is 11.8. The maximum absolute atomic E-state index is 9.72. The Morgan fingerprint density at radius 2 is 2.27 bits per heavy atom. The van der Waals surface area contributed by atoms with E-state index in [1.165, 1.54) is 22.6 Å². The smallest absolute Gasteiger partial charge is 0.217 e. The number of fused-ring (bicyclic) bond motifs is 1. The highest BCUT2D eigenvalue weighted by atomic mass is 32.1. The molecule has 2 N–H and O–H groups in total. The Balaban J connectivity index is 1.42. The molecule has 1 aliphatic heterocycles. The van der Waals surface area contributed by atoms with Crippen LogP contribution in [0.3, 0.4) is 0 Å². The fraction of sp³-hybridized carbons (Fsp3) is 0.500. The van der Waals surface area contributed by atoms with Crippen molar-refractivity contribution in [2.75, 3.05) is 19.3 Å². The number of nitrogens with two attached hydrogens (primary N) is 1. The third-order valence-electron chi connectivity index (χ3n) is 7.10. The van der Waals surface area contributed by atoms with E-state index in [9.17, 15) is 5.26 Å². The molecule has 8 nitrogen and oxygen atoms in total. The van der Waals surface area contributed by atoms with Gasteiger partial charge in [-0.3, -0.25) is 4.90 Å². The zero-order chi connectivity index (χ0) is 23.2. The molecule has 0 saturated carbocycles. The topological polar surface area (TPSA) is 114 Å². The molecular formula is C24H28N6O2S. The highest BCUT2D eigenvalue weighted by Crippen LogP contribution is 2.48. The Morgan fingerprint density at radius 1 is 1.42 bits per heavy atom. The second-order valence-corrected chi connectivity index (χ2v) is 10.4. The van der Waals surface area contributed by atoms with Gasteiger partial charge in [0.25, 0.3) is 0 Å². The number of likely N-dealkylation sites (N-methyl/N-ethyl adjacent to an activating group) is 1. The van der Waals surface area contributed by atoms with Gasteiger partial charge in [-0.2, -0.15) is 10.2 Å². The summed E-state index contributed by atoms with van der Waals surface area (Å²) in [5.74, 6) is 1.44. The number of nitrogens with zero attached hydrogens (tertiary/aromatic N) is 5. The van der Waals surface area contributed by atoms with Crippen LogP contribution in [0.4, 0.5) is 5.00 Å². The number of hydrogen-bond acceptors (Lipinski definition) is 9. The van der Waals surface area contributed by atoms with Gasteiger partial charge in [-0.1, -0.05) is 5.16 Å². The molecule has 4 heterocycles. The van der Waals surface area contributed by atoms with Gasteiger partial charge in [0.05, 0.1) is 11.3 Å². The van der Waals surface area contributed by atoms with Crippen molar-refractivity contribution >= 4 is 16.3 Å². The van der Waals surface area contributed by atoms with Crippen LogP contribution in [0, 0.1) is 11.3 Å². The van der Waals surface area contributed by atoms with Crippen LogP contribution in [0.1, 0.15) is 61.2 Å². The van der Waals surface area contributed by atoms with Crippen molar-refractivity contribution in [3.8, 4) is 23.5 Å². The molecule has 33 heavy (non-hydrogen) atoms. The van der Waals surface area contributed by atoms with Gasteiger partial charge >= 0.3 is 0 Å². The standard InChI is InChI=1S/C24H28N6O2S/c1-14(16-6-5-11-30(16)3)31-20-8-10-27-23(28-20)17-12-19(29-32-17)24(2)9-4-7-18-21(24)15(13-25)22(26)33-18/h8,10,12,14,16H,4-7,9,11,26H2,1-3H3/t14-,16-,24+/m0/s1. The van der Waals surface area contributed by atoms with Crippen LogP contribution < -0.4 is 10.5 Å². The van der Waals surface area contributed by atoms with Crippen LogP contribution in [-0.4, -0.2) is 45.8 Å². The first-order chi connectivity index (χ1) is 15.9. The van der Waals surface area contributed by atoms with Crippen molar-refractivity contribution in [3.05, 3.63) is 40.0 Å². The van der Waals surface area contributed by atoms with Crippen LogP contribution in [-0.2, 0) is 11.8 Å². The van der Waals surface area contributed by atoms with Crippen molar-refractivity contribution < 1.29 is 9.26 Å². The van der Waals surface area contributed by atoms with Crippen molar-refractivity contribution in [2.24, 2.45) is 0 Å². The minimum absolute atomic E-state index is 0.0264. The first-order valence-electron chi connectivity index (χ1n) is 11.4. The Labute approximate surface area is 197 Å². The molecule has 172 valence electrons. The van der Waals surface area contributed by atoms with E-state index in [-0.39, 0.29) is 6.10 Å². The molecule has 0 unspecified atom stereocenters. The summed E-state index contributed by atoms with van der Waals surface area (Å²) in [6, 6.07) is 6.34. The van der Waals surface area contributed by atoms with E-state index in [2.05, 4.69) is 47.0 Å². The minimum Gasteiger partial charge on any atom is -0.473 e. The van der Waals surface area contributed by atoms with Gasteiger partial charge in [-0.15, -0.1) is 11.3 Å². The Bertz CT molecular complexity index is 1210. The Morgan fingerprint density at radius 3 is 3.03 bits per heavy atom. The fourth-order valence-corrected chi connectivity index (χ4v) is 6.51. The zero-order valence-electron chi connectivity index (χ0n) is 19.2. The molecule has 9 heteroatoms. The molecule has 0 spiro atoms. The number of aryl methyl sites for hydroxylation is 1. The van der Waals surface area contributed by atoms with E-state index in [1.54, 1.807) is 12.3 Å². The van der Waals surface area contributed by atoms with Crippen LogP contribution in [0.5, 0.6) is 5.88 Å². The van der Waals surface area contributed by atoms with Crippen LogP contribution in [0.25, 0.3) is 11.6 Å². The Hall–Kier alpha value is -2.96. The number of aromatic nitrogens is 3. The van der Waals surface area contributed by atoms with Gasteiger partial charge in [0.1, 0.15) is 17.2 Å². The number of anilines is 1. The molecule has 1 aliphatic carbocycles. The summed E-state index contributed by atoms with van der Waals surface area (Å²) in [6.45, 7) is 5.29. The number of ether oxygens (including phenoxy) is 1. The minimum atomic E-state index is -0.440. The number of nitriles is 1. The highest BCUT2D eigenvalue weighted by molar-refractivity contribution is 7.16. The van der Waals surface area contributed by atoms with Gasteiger partial charge in [0.2, 0.25) is 17.5 Å². The van der Waals surface area contributed by atoms with E-state index >= 15 is 0 Å². The first kappa shape index (κ1) is 21.9. The molecule has 1 fully saturated rings. The van der Waals surface area contributed by atoms with E-state index in [1.807, 2.05) is 6.07 Å². The summed E-state index contributed by atoms with van der Waals surface area (Å²) in [6.07, 6.45) is 6.82. The van der Waals surface area contributed by atoms with E-state index < -0.39 is 5.41 Å². The lowest BCUT2D eigenvalue weighted by atomic mass is 9.70. The largest absolute Gasteiger partial charge is 0.473 e. The molecule has 0 radical (unpaired) electrons. The molecule has 0 bridgehead atoms. The molecule has 2 aliphatic rings. The molecule has 3 aromatic rings. The summed E-state index contributed by atoms with van der Waals surface area (Å²) in [5.41, 5.74) is 8.04. The molecule has 3 aromatic heterocycles. The molecule has 0 amide bonds. The summed E-state index contributed by atoms with van der Waals surface area (Å²) in [7, 11) is 2.13. The summed E-state index contributed by atoms with van der Waals surface area (Å²) in [5, 5.41) is 14.7. The first-order valence-corrected chi connectivity index (χ1v) is 12.2. The maximum Gasteiger partial charge on any atom is 0.217 e. The SMILES string of the molecule is C[C@H](Oc1ccnc(-c2cc([C@@]3(C)CCCc4sc(N)c(C#N)c43)no2)n1)[C@@H]1CCCN1C. The fourth-order valence-electron chi connectivity index (χ4n) is 5.32. The zero-order valence-corrected chi connectivity index (χ0v) is 20.0. The van der Waals surface area contributed by atoms with Crippen LogP contribution >= 0.6 is 11.3 Å². The van der Waals surface area contributed by atoms with Gasteiger partial charge in [-0.25, -0.2) is 4.98 Å². The van der Waals surface area contributed by atoms with Crippen LogP contribution in [0.15, 0.2) is 22.9 Å². The third-order valence-corrected chi connectivity index (χ3v) is 8.18. The van der Waals surface area contributed by atoms with Gasteiger partial charge in [-0.05, 0) is 65.1 Å². The second kappa shape index (κ2) is 8.43. The van der Waals surface area contributed by atoms with Crippen molar-refractivity contribution in [1.29, 1.82) is 5.26 Å². The average molecular weight is 465 g/mol. The van der Waals surface area contributed by atoms with Gasteiger partial charge < -0.3 is 15.0 Å². The van der Waals surface area contributed by atoms with Gasteiger partial charge in [0.15, 0.2) is 0 Å².